The second kappa shape index (κ2) is 4.75. The third-order valence-corrected chi connectivity index (χ3v) is 2.87. The minimum atomic E-state index is -0.132. The Morgan fingerprint density at radius 2 is 1.50 bits per heavy atom. The van der Waals surface area contributed by atoms with Crippen LogP contribution in [0.2, 0.25) is 0 Å². The van der Waals surface area contributed by atoms with Crippen molar-refractivity contribution in [1.29, 1.82) is 15.8 Å². The molecule has 2 rings (SSSR count). The van der Waals surface area contributed by atoms with Crippen LogP contribution in [-0.4, -0.2) is 0 Å². The Bertz CT molecular complexity index is 724. The highest BCUT2D eigenvalue weighted by Crippen LogP contribution is 2.31. The summed E-state index contributed by atoms with van der Waals surface area (Å²) in [6, 6.07) is 12.6. The fourth-order valence-electron chi connectivity index (χ4n) is 1.53. The zero-order valence-electron chi connectivity index (χ0n) is 8.94. The third kappa shape index (κ3) is 1.86. The molecular weight excluding hydrogens is 294 g/mol. The van der Waals surface area contributed by atoms with Crippen LogP contribution in [0.1, 0.15) is 16.9 Å². The first-order valence-corrected chi connectivity index (χ1v) is 5.63. The van der Waals surface area contributed by atoms with Gasteiger partial charge >= 0.3 is 0 Å². The first kappa shape index (κ1) is 11.9. The summed E-state index contributed by atoms with van der Waals surface area (Å²) in [5, 5.41) is 26.9. The highest BCUT2D eigenvalue weighted by Gasteiger charge is 2.21. The van der Waals surface area contributed by atoms with E-state index < -0.39 is 0 Å². The average Bonchev–Trinajstić information content (AvgIpc) is 2.77. The summed E-state index contributed by atoms with van der Waals surface area (Å²) in [4.78, 5) is 0. The van der Waals surface area contributed by atoms with Gasteiger partial charge in [-0.15, -0.1) is 0 Å². The van der Waals surface area contributed by atoms with Crippen molar-refractivity contribution in [3.8, 4) is 29.5 Å². The second-order valence-electron chi connectivity index (χ2n) is 3.35. The molecule has 1 aromatic carbocycles. The molecule has 1 heterocycles. The van der Waals surface area contributed by atoms with Crippen molar-refractivity contribution in [2.24, 2.45) is 0 Å². The summed E-state index contributed by atoms with van der Waals surface area (Å²) in [6.45, 7) is 0. The lowest BCUT2D eigenvalue weighted by Gasteiger charge is -1.97. The predicted octanol–water partition coefficient (Wildman–Crippen LogP) is 3.32. The highest BCUT2D eigenvalue weighted by atomic mass is 79.9. The predicted molar refractivity (Wildman–Crippen MR) is 66.0 cm³/mol. The van der Waals surface area contributed by atoms with E-state index in [4.69, 9.17) is 20.2 Å². The van der Waals surface area contributed by atoms with Crippen LogP contribution < -0.4 is 0 Å². The molecule has 0 N–H and O–H groups in total. The summed E-state index contributed by atoms with van der Waals surface area (Å²) in [6.07, 6.45) is 0. The fraction of sp³-hybridized carbons (Fsp3) is 0. The zero-order valence-corrected chi connectivity index (χ0v) is 10.5. The Balaban J connectivity index is 2.71. The van der Waals surface area contributed by atoms with Gasteiger partial charge in [0.2, 0.25) is 5.76 Å². The van der Waals surface area contributed by atoms with Crippen molar-refractivity contribution < 1.29 is 4.42 Å². The van der Waals surface area contributed by atoms with Gasteiger partial charge in [-0.1, -0.05) is 28.1 Å². The molecule has 0 amide bonds. The van der Waals surface area contributed by atoms with Gasteiger partial charge in [-0.25, -0.2) is 0 Å². The van der Waals surface area contributed by atoms with E-state index in [1.807, 2.05) is 12.1 Å². The van der Waals surface area contributed by atoms with Crippen molar-refractivity contribution >= 4 is 15.9 Å². The topological polar surface area (TPSA) is 84.5 Å². The van der Waals surface area contributed by atoms with Crippen LogP contribution in [0.4, 0.5) is 0 Å². The van der Waals surface area contributed by atoms with E-state index in [1.165, 1.54) is 0 Å². The first-order valence-electron chi connectivity index (χ1n) is 4.84. The molecule has 2 aromatic rings. The van der Waals surface area contributed by atoms with Crippen molar-refractivity contribution in [2.75, 3.05) is 0 Å². The monoisotopic (exact) mass is 297 g/mol. The van der Waals surface area contributed by atoms with Gasteiger partial charge in [0.1, 0.15) is 29.3 Å². The van der Waals surface area contributed by atoms with Gasteiger partial charge in [-0.3, -0.25) is 0 Å². The molecular formula is C13H4BrN3O. The van der Waals surface area contributed by atoms with Gasteiger partial charge in [0, 0.05) is 10.0 Å². The molecule has 0 saturated carbocycles. The van der Waals surface area contributed by atoms with E-state index >= 15 is 0 Å². The lowest BCUT2D eigenvalue weighted by atomic mass is 10.1. The number of halogens is 1. The van der Waals surface area contributed by atoms with Gasteiger partial charge < -0.3 is 4.42 Å². The van der Waals surface area contributed by atoms with E-state index in [1.54, 1.807) is 30.3 Å². The van der Waals surface area contributed by atoms with Crippen LogP contribution >= 0.6 is 15.9 Å². The molecule has 0 aliphatic rings. The minimum Gasteiger partial charge on any atom is -0.443 e. The van der Waals surface area contributed by atoms with Gasteiger partial charge in [0.25, 0.3) is 0 Å². The van der Waals surface area contributed by atoms with Crippen molar-refractivity contribution in [2.45, 2.75) is 0 Å². The maximum Gasteiger partial charge on any atom is 0.223 e. The van der Waals surface area contributed by atoms with Crippen molar-refractivity contribution in [3.05, 3.63) is 45.6 Å². The summed E-state index contributed by atoms with van der Waals surface area (Å²) < 4.78 is 6.17. The third-order valence-electron chi connectivity index (χ3n) is 2.34. The lowest BCUT2D eigenvalue weighted by molar-refractivity contribution is 0.566. The van der Waals surface area contributed by atoms with Crippen LogP contribution in [0.15, 0.2) is 33.2 Å². The Labute approximate surface area is 111 Å². The number of nitriles is 3. The number of rotatable bonds is 1. The molecule has 0 spiro atoms. The van der Waals surface area contributed by atoms with Crippen molar-refractivity contribution in [3.63, 3.8) is 0 Å². The Morgan fingerprint density at radius 3 is 2.00 bits per heavy atom. The molecule has 4 nitrogen and oxygen atoms in total. The Morgan fingerprint density at radius 1 is 0.889 bits per heavy atom. The largest absolute Gasteiger partial charge is 0.443 e. The summed E-state index contributed by atoms with van der Waals surface area (Å²) in [7, 11) is 0. The molecule has 0 fully saturated rings. The molecule has 0 unspecified atom stereocenters. The molecule has 0 radical (unpaired) electrons. The average molecular weight is 298 g/mol. The molecule has 1 aromatic heterocycles. The summed E-state index contributed by atoms with van der Waals surface area (Å²) >= 11 is 3.30. The van der Waals surface area contributed by atoms with Crippen LogP contribution in [0.25, 0.3) is 11.3 Å². The normalized spacial score (nSPS) is 9.22. The molecule has 0 bridgehead atoms. The second-order valence-corrected chi connectivity index (χ2v) is 4.27. The molecule has 0 aliphatic carbocycles. The number of benzene rings is 1. The lowest BCUT2D eigenvalue weighted by Crippen LogP contribution is -1.82. The van der Waals surface area contributed by atoms with E-state index in [0.717, 1.165) is 4.47 Å². The quantitative estimate of drug-likeness (QED) is 0.808. The highest BCUT2D eigenvalue weighted by molar-refractivity contribution is 9.10. The van der Waals surface area contributed by atoms with Crippen LogP contribution in [0, 0.1) is 34.0 Å². The molecule has 0 aliphatic heterocycles. The standard InChI is InChI=1S/C13H4BrN3O/c14-9-3-1-8(2-4-9)13-11(6-16)10(5-15)12(7-17)18-13/h1-4H. The van der Waals surface area contributed by atoms with Crippen LogP contribution in [-0.2, 0) is 0 Å². The first-order chi connectivity index (χ1) is 8.71. The molecule has 18 heavy (non-hydrogen) atoms. The Kier molecular flexibility index (Phi) is 3.15. The molecule has 0 saturated heterocycles. The smallest absolute Gasteiger partial charge is 0.223 e. The van der Waals surface area contributed by atoms with E-state index in [9.17, 15) is 0 Å². The SMILES string of the molecule is N#Cc1oc(-c2ccc(Br)cc2)c(C#N)c1C#N. The number of hydrogen-bond acceptors (Lipinski definition) is 4. The molecule has 5 heteroatoms. The van der Waals surface area contributed by atoms with Gasteiger partial charge in [0.15, 0.2) is 5.76 Å². The van der Waals surface area contributed by atoms with Gasteiger partial charge in [0.05, 0.1) is 0 Å². The number of nitrogens with zero attached hydrogens (tertiary/aromatic N) is 3. The maximum atomic E-state index is 9.08. The summed E-state index contributed by atoms with van der Waals surface area (Å²) in [5.74, 6) is 0.116. The molecule has 84 valence electrons. The van der Waals surface area contributed by atoms with Crippen LogP contribution in [0.3, 0.4) is 0 Å². The van der Waals surface area contributed by atoms with Gasteiger partial charge in [-0.05, 0) is 12.1 Å². The minimum absolute atomic E-state index is 0.0158. The van der Waals surface area contributed by atoms with Crippen molar-refractivity contribution in [1.82, 2.24) is 0 Å². The van der Waals surface area contributed by atoms with Gasteiger partial charge in [-0.2, -0.15) is 15.8 Å². The van der Waals surface area contributed by atoms with E-state index in [2.05, 4.69) is 15.9 Å². The number of furan rings is 1. The fourth-order valence-corrected chi connectivity index (χ4v) is 1.79. The number of hydrogen-bond donors (Lipinski definition) is 0. The van der Waals surface area contributed by atoms with E-state index in [-0.39, 0.29) is 22.6 Å². The molecule has 0 atom stereocenters. The maximum absolute atomic E-state index is 9.08. The zero-order chi connectivity index (χ0) is 13.1. The van der Waals surface area contributed by atoms with E-state index in [0.29, 0.717) is 5.56 Å². The Hall–Kier alpha value is -2.55. The van der Waals surface area contributed by atoms with Crippen LogP contribution in [0.5, 0.6) is 0 Å². The summed E-state index contributed by atoms with van der Waals surface area (Å²) in [5.41, 5.74) is 0.724.